The van der Waals surface area contributed by atoms with E-state index >= 15 is 0 Å². The van der Waals surface area contributed by atoms with Crippen LogP contribution in [0.3, 0.4) is 0 Å². The number of aliphatic imine (C=N–C) groups is 1. The number of rotatable bonds is 5. The topological polar surface area (TPSA) is 54.9 Å². The number of nitrogens with zero attached hydrogens (tertiary/aromatic N) is 1. The smallest absolute Gasteiger partial charge is 0.191 e. The lowest BCUT2D eigenvalue weighted by Gasteiger charge is -2.22. The number of fused-ring (bicyclic) bond motifs is 3. The second-order valence-corrected chi connectivity index (χ2v) is 6.69. The maximum Gasteiger partial charge on any atom is 0.191 e. The Morgan fingerprint density at radius 1 is 1.20 bits per heavy atom. The van der Waals surface area contributed by atoms with Gasteiger partial charge in [-0.25, -0.2) is 0 Å². The van der Waals surface area contributed by atoms with Crippen LogP contribution >= 0.6 is 0 Å². The van der Waals surface area contributed by atoms with Crippen molar-refractivity contribution in [2.24, 2.45) is 4.99 Å². The Balaban J connectivity index is 1.27. The molecule has 25 heavy (non-hydrogen) atoms. The summed E-state index contributed by atoms with van der Waals surface area (Å²) in [5.41, 5.74) is 0. The van der Waals surface area contributed by atoms with Crippen molar-refractivity contribution in [1.29, 1.82) is 0 Å². The first-order chi connectivity index (χ1) is 12.3. The molecule has 5 nitrogen and oxygen atoms in total. The molecule has 0 amide bonds. The fourth-order valence-corrected chi connectivity index (χ4v) is 3.81. The summed E-state index contributed by atoms with van der Waals surface area (Å²) in [5.74, 6) is 1.74. The van der Waals surface area contributed by atoms with Gasteiger partial charge in [-0.1, -0.05) is 36.4 Å². The first-order valence-electron chi connectivity index (χ1n) is 9.06. The Labute approximate surface area is 148 Å². The molecular formula is C20H25N3O2. The van der Waals surface area contributed by atoms with E-state index in [0.29, 0.717) is 31.4 Å². The highest BCUT2D eigenvalue weighted by Gasteiger charge is 2.41. The molecule has 0 spiro atoms. The molecule has 3 atom stereocenters. The van der Waals surface area contributed by atoms with Crippen LogP contribution < -0.4 is 15.4 Å². The molecule has 0 saturated carbocycles. The van der Waals surface area contributed by atoms with Crippen LogP contribution in [0.4, 0.5) is 0 Å². The number of guanidine groups is 1. The molecule has 0 aliphatic carbocycles. The van der Waals surface area contributed by atoms with Gasteiger partial charge >= 0.3 is 0 Å². The quantitative estimate of drug-likeness (QED) is 0.500. The molecule has 132 valence electrons. The van der Waals surface area contributed by atoms with Gasteiger partial charge in [0.05, 0.1) is 24.8 Å². The predicted molar refractivity (Wildman–Crippen MR) is 100 cm³/mol. The van der Waals surface area contributed by atoms with Gasteiger partial charge in [-0.3, -0.25) is 4.99 Å². The van der Waals surface area contributed by atoms with Gasteiger partial charge in [-0.05, 0) is 30.7 Å². The molecule has 5 heteroatoms. The normalized spacial score (nSPS) is 25.3. The van der Waals surface area contributed by atoms with Crippen LogP contribution in [0.25, 0.3) is 10.8 Å². The molecule has 2 aromatic rings. The predicted octanol–water partition coefficient (Wildman–Crippen LogP) is 2.70. The summed E-state index contributed by atoms with van der Waals surface area (Å²) in [7, 11) is 1.80. The summed E-state index contributed by atoms with van der Waals surface area (Å²) in [6.45, 7) is 1.28. The minimum absolute atomic E-state index is 0.343. The number of hydrogen-bond donors (Lipinski definition) is 2. The summed E-state index contributed by atoms with van der Waals surface area (Å²) >= 11 is 0. The molecule has 2 aliphatic heterocycles. The molecule has 4 rings (SSSR count). The maximum atomic E-state index is 5.96. The van der Waals surface area contributed by atoms with Crippen molar-refractivity contribution in [1.82, 2.24) is 10.6 Å². The SMILES string of the molecule is CN=C(NCCOc1cccc2ccccc12)NC1CC2CCC1O2. The van der Waals surface area contributed by atoms with E-state index in [9.17, 15) is 0 Å². The zero-order chi connectivity index (χ0) is 17.1. The van der Waals surface area contributed by atoms with Crippen molar-refractivity contribution < 1.29 is 9.47 Å². The van der Waals surface area contributed by atoms with Crippen LogP contribution in [0, 0.1) is 0 Å². The molecule has 2 fully saturated rings. The summed E-state index contributed by atoms with van der Waals surface area (Å²) in [6.07, 6.45) is 4.22. The van der Waals surface area contributed by atoms with Crippen molar-refractivity contribution in [2.75, 3.05) is 20.2 Å². The van der Waals surface area contributed by atoms with Crippen molar-refractivity contribution >= 4 is 16.7 Å². The Morgan fingerprint density at radius 2 is 2.08 bits per heavy atom. The Hall–Kier alpha value is -2.27. The zero-order valence-corrected chi connectivity index (χ0v) is 14.6. The van der Waals surface area contributed by atoms with Gasteiger partial charge in [0.1, 0.15) is 12.4 Å². The molecule has 2 N–H and O–H groups in total. The van der Waals surface area contributed by atoms with Gasteiger partial charge in [-0.15, -0.1) is 0 Å². The highest BCUT2D eigenvalue weighted by atomic mass is 16.5. The fraction of sp³-hybridized carbons (Fsp3) is 0.450. The third kappa shape index (κ3) is 3.56. The van der Waals surface area contributed by atoms with E-state index in [1.807, 2.05) is 24.3 Å². The van der Waals surface area contributed by atoms with E-state index in [2.05, 4.69) is 33.8 Å². The van der Waals surface area contributed by atoms with Crippen molar-refractivity contribution in [2.45, 2.75) is 37.5 Å². The lowest BCUT2D eigenvalue weighted by atomic mass is 9.96. The highest BCUT2D eigenvalue weighted by molar-refractivity contribution is 5.88. The summed E-state index contributed by atoms with van der Waals surface area (Å²) in [5, 5.41) is 9.16. The molecule has 0 aromatic heterocycles. The van der Waals surface area contributed by atoms with Crippen LogP contribution in [0.15, 0.2) is 47.5 Å². The Bertz CT molecular complexity index is 756. The third-order valence-corrected chi connectivity index (χ3v) is 5.05. The minimum Gasteiger partial charge on any atom is -0.491 e. The van der Waals surface area contributed by atoms with Crippen molar-refractivity contribution in [3.05, 3.63) is 42.5 Å². The molecule has 0 radical (unpaired) electrons. The van der Waals surface area contributed by atoms with Gasteiger partial charge in [0.2, 0.25) is 0 Å². The molecule has 2 saturated heterocycles. The van der Waals surface area contributed by atoms with Crippen molar-refractivity contribution in [3.8, 4) is 5.75 Å². The van der Waals surface area contributed by atoms with Gasteiger partial charge in [0, 0.05) is 12.4 Å². The largest absolute Gasteiger partial charge is 0.491 e. The zero-order valence-electron chi connectivity index (χ0n) is 14.6. The number of benzene rings is 2. The third-order valence-electron chi connectivity index (χ3n) is 5.05. The lowest BCUT2D eigenvalue weighted by molar-refractivity contribution is 0.0992. The van der Waals surface area contributed by atoms with Crippen LogP contribution in [-0.4, -0.2) is 44.4 Å². The highest BCUT2D eigenvalue weighted by Crippen LogP contribution is 2.34. The average Bonchev–Trinajstić information content (AvgIpc) is 3.27. The second-order valence-electron chi connectivity index (χ2n) is 6.69. The molecular weight excluding hydrogens is 314 g/mol. The van der Waals surface area contributed by atoms with Crippen molar-refractivity contribution in [3.63, 3.8) is 0 Å². The van der Waals surface area contributed by atoms with E-state index in [-0.39, 0.29) is 0 Å². The van der Waals surface area contributed by atoms with Gasteiger partial charge < -0.3 is 20.1 Å². The standard InChI is InChI=1S/C20H25N3O2/c1-21-20(23-17-13-15-9-10-19(17)25-15)22-11-12-24-18-8-4-6-14-5-2-3-7-16(14)18/h2-8,15,17,19H,9-13H2,1H3,(H2,21,22,23). The molecule has 2 aliphatic rings. The molecule has 2 heterocycles. The first-order valence-corrected chi connectivity index (χ1v) is 9.06. The van der Waals surface area contributed by atoms with Gasteiger partial charge in [-0.2, -0.15) is 0 Å². The van der Waals surface area contributed by atoms with E-state index in [1.54, 1.807) is 7.05 Å². The average molecular weight is 339 g/mol. The second kappa shape index (κ2) is 7.31. The van der Waals surface area contributed by atoms with Gasteiger partial charge in [0.25, 0.3) is 0 Å². The van der Waals surface area contributed by atoms with E-state index < -0.39 is 0 Å². The van der Waals surface area contributed by atoms with Gasteiger partial charge in [0.15, 0.2) is 5.96 Å². The van der Waals surface area contributed by atoms with E-state index in [4.69, 9.17) is 9.47 Å². The van der Waals surface area contributed by atoms with E-state index in [1.165, 1.54) is 11.8 Å². The fourth-order valence-electron chi connectivity index (χ4n) is 3.81. The number of ether oxygens (including phenoxy) is 2. The monoisotopic (exact) mass is 339 g/mol. The summed E-state index contributed by atoms with van der Waals surface area (Å²) in [6, 6.07) is 14.8. The lowest BCUT2D eigenvalue weighted by Crippen LogP contribution is -2.48. The van der Waals surface area contributed by atoms with Crippen LogP contribution in [0.1, 0.15) is 19.3 Å². The number of nitrogens with one attached hydrogen (secondary N) is 2. The van der Waals surface area contributed by atoms with Crippen LogP contribution in [-0.2, 0) is 4.74 Å². The molecule has 2 aromatic carbocycles. The van der Waals surface area contributed by atoms with E-state index in [0.717, 1.165) is 29.9 Å². The van der Waals surface area contributed by atoms with Crippen LogP contribution in [0.2, 0.25) is 0 Å². The first kappa shape index (κ1) is 16.2. The Kier molecular flexibility index (Phi) is 4.74. The minimum atomic E-state index is 0.343. The molecule has 3 unspecified atom stereocenters. The van der Waals surface area contributed by atoms with Crippen LogP contribution in [0.5, 0.6) is 5.75 Å². The number of hydrogen-bond acceptors (Lipinski definition) is 3. The maximum absolute atomic E-state index is 5.96. The Morgan fingerprint density at radius 3 is 2.88 bits per heavy atom. The summed E-state index contributed by atoms with van der Waals surface area (Å²) < 4.78 is 11.8. The summed E-state index contributed by atoms with van der Waals surface area (Å²) in [4.78, 5) is 4.31. The molecule has 2 bridgehead atoms.